The summed E-state index contributed by atoms with van der Waals surface area (Å²) in [5.41, 5.74) is 2.30. The van der Waals surface area contributed by atoms with Crippen LogP contribution in [-0.2, 0) is 6.42 Å². The van der Waals surface area contributed by atoms with Crippen LogP contribution in [0, 0.1) is 12.7 Å². The number of hydrogen-bond donors (Lipinski definition) is 1. The van der Waals surface area contributed by atoms with Gasteiger partial charge in [-0.3, -0.25) is 19.3 Å². The van der Waals surface area contributed by atoms with Crippen LogP contribution < -0.4 is 15.3 Å². The van der Waals surface area contributed by atoms with Crippen LogP contribution in [0.5, 0.6) is 5.75 Å². The highest BCUT2D eigenvalue weighted by Gasteiger charge is 2.32. The molecule has 0 saturated heterocycles. The van der Waals surface area contributed by atoms with Crippen molar-refractivity contribution in [1.29, 1.82) is 0 Å². The number of para-hydroxylation sites is 1. The van der Waals surface area contributed by atoms with E-state index in [1.807, 2.05) is 49.3 Å². The Bertz CT molecular complexity index is 1260. The average Bonchev–Trinajstić information content (AvgIpc) is 2.83. The van der Waals surface area contributed by atoms with Crippen LogP contribution in [0.15, 0.2) is 59.5 Å². The number of aromatic nitrogens is 1. The monoisotopic (exact) mass is 464 g/mol. The van der Waals surface area contributed by atoms with Crippen LogP contribution in [0.2, 0.25) is 0 Å². The maximum absolute atomic E-state index is 13.5. The van der Waals surface area contributed by atoms with Crippen LogP contribution >= 0.6 is 0 Å². The van der Waals surface area contributed by atoms with E-state index in [-0.39, 0.29) is 23.8 Å². The van der Waals surface area contributed by atoms with E-state index in [1.165, 1.54) is 12.1 Å². The number of fused-ring (bicyclic) bond motifs is 1. The van der Waals surface area contributed by atoms with Crippen molar-refractivity contribution >= 4 is 11.6 Å². The first-order valence-electron chi connectivity index (χ1n) is 11.3. The zero-order chi connectivity index (χ0) is 24.4. The second-order valence-corrected chi connectivity index (χ2v) is 8.56. The molecule has 34 heavy (non-hydrogen) atoms. The highest BCUT2D eigenvalue weighted by molar-refractivity contribution is 5.96. The number of likely N-dealkylation sites (N-methyl/N-ethyl adjacent to an activating group) is 1. The first kappa shape index (κ1) is 23.4. The topological polar surface area (TPSA) is 69.0 Å². The Labute approximate surface area is 198 Å². The van der Waals surface area contributed by atoms with E-state index in [2.05, 4.69) is 4.90 Å². The fourth-order valence-electron chi connectivity index (χ4n) is 4.23. The molecule has 2 heterocycles. The smallest absolute Gasteiger partial charge is 0.277 e. The van der Waals surface area contributed by atoms with Gasteiger partial charge in [-0.05, 0) is 49.2 Å². The number of halogens is 1. The summed E-state index contributed by atoms with van der Waals surface area (Å²) in [5.74, 6) is -1.28. The van der Waals surface area contributed by atoms with Crippen molar-refractivity contribution in [2.45, 2.75) is 20.3 Å². The van der Waals surface area contributed by atoms with E-state index in [0.29, 0.717) is 31.9 Å². The van der Waals surface area contributed by atoms with Gasteiger partial charge in [-0.25, -0.2) is 4.39 Å². The normalized spacial score (nSPS) is 13.2. The van der Waals surface area contributed by atoms with E-state index in [9.17, 15) is 19.1 Å². The van der Waals surface area contributed by atoms with Crippen molar-refractivity contribution in [1.82, 2.24) is 9.58 Å². The van der Waals surface area contributed by atoms with Gasteiger partial charge in [0.05, 0.1) is 6.54 Å². The van der Waals surface area contributed by atoms with Gasteiger partial charge in [0, 0.05) is 44.0 Å². The summed E-state index contributed by atoms with van der Waals surface area (Å²) >= 11 is 0. The van der Waals surface area contributed by atoms with Crippen molar-refractivity contribution < 1.29 is 14.3 Å². The Balaban J connectivity index is 1.69. The van der Waals surface area contributed by atoms with Crippen LogP contribution in [0.3, 0.4) is 0 Å². The van der Waals surface area contributed by atoms with Gasteiger partial charge in [-0.2, -0.15) is 0 Å². The lowest BCUT2D eigenvalue weighted by Gasteiger charge is -2.40. The molecule has 0 atom stereocenters. The van der Waals surface area contributed by atoms with E-state index >= 15 is 0 Å². The Hall–Kier alpha value is -3.81. The van der Waals surface area contributed by atoms with Gasteiger partial charge in [0.1, 0.15) is 12.5 Å². The third kappa shape index (κ3) is 4.48. The number of amides is 1. The molecule has 0 unspecified atom stereocenters. The van der Waals surface area contributed by atoms with Gasteiger partial charge < -0.3 is 14.9 Å². The number of aryl methyl sites for hydroxylation is 1. The molecular formula is C26H29FN4O3. The molecular weight excluding hydrogens is 435 g/mol. The zero-order valence-electron chi connectivity index (χ0n) is 19.7. The molecule has 0 saturated carbocycles. The number of benzene rings is 2. The molecule has 0 spiro atoms. The molecule has 0 aliphatic carbocycles. The number of anilines is 1. The van der Waals surface area contributed by atoms with Gasteiger partial charge in [-0.15, -0.1) is 0 Å². The minimum absolute atomic E-state index is 0.0277. The molecule has 7 nitrogen and oxygen atoms in total. The molecule has 1 aromatic heterocycles. The average molecular weight is 465 g/mol. The standard InChI is InChI=1S/C26H29FN4O3/c1-4-29-17-30(13-12-28(3)22-8-6-5-7-9-22)31-16-20(24(32)25(33)23(31)26(29)34)15-19-10-11-21(27)14-18(19)2/h5-11,14,16,33H,4,12-13,15,17H2,1-3H3. The predicted molar refractivity (Wildman–Crippen MR) is 131 cm³/mol. The van der Waals surface area contributed by atoms with Crippen LogP contribution in [0.1, 0.15) is 34.1 Å². The zero-order valence-corrected chi connectivity index (χ0v) is 19.7. The van der Waals surface area contributed by atoms with Crippen molar-refractivity contribution in [2.24, 2.45) is 0 Å². The largest absolute Gasteiger partial charge is 0.502 e. The quantitative estimate of drug-likeness (QED) is 0.582. The summed E-state index contributed by atoms with van der Waals surface area (Å²) in [6.45, 7) is 5.65. The van der Waals surface area contributed by atoms with Crippen molar-refractivity contribution in [3.05, 3.63) is 93.2 Å². The van der Waals surface area contributed by atoms with Crippen LogP contribution in [-0.4, -0.2) is 53.9 Å². The van der Waals surface area contributed by atoms with Gasteiger partial charge >= 0.3 is 0 Å². The number of hydrogen-bond acceptors (Lipinski definition) is 5. The molecule has 1 N–H and O–H groups in total. The molecule has 2 aromatic carbocycles. The summed E-state index contributed by atoms with van der Waals surface area (Å²) in [6.07, 6.45) is 1.86. The fraction of sp³-hybridized carbons (Fsp3) is 0.308. The van der Waals surface area contributed by atoms with Gasteiger partial charge in [0.25, 0.3) is 5.91 Å². The maximum Gasteiger partial charge on any atom is 0.277 e. The molecule has 8 heteroatoms. The highest BCUT2D eigenvalue weighted by atomic mass is 19.1. The Morgan fingerprint density at radius 2 is 1.82 bits per heavy atom. The third-order valence-electron chi connectivity index (χ3n) is 6.32. The molecule has 4 rings (SSSR count). The Morgan fingerprint density at radius 3 is 2.50 bits per heavy atom. The van der Waals surface area contributed by atoms with E-state index in [0.717, 1.165) is 16.8 Å². The van der Waals surface area contributed by atoms with E-state index in [1.54, 1.807) is 28.8 Å². The fourth-order valence-corrected chi connectivity index (χ4v) is 4.23. The second kappa shape index (κ2) is 9.59. The summed E-state index contributed by atoms with van der Waals surface area (Å²) in [7, 11) is 1.99. The molecule has 3 aromatic rings. The number of nitrogens with zero attached hydrogens (tertiary/aromatic N) is 4. The number of carbonyl (C=O) groups is 1. The van der Waals surface area contributed by atoms with E-state index < -0.39 is 11.2 Å². The predicted octanol–water partition coefficient (Wildman–Crippen LogP) is 3.10. The SMILES string of the molecule is CCN1CN(CCN(C)c2ccccc2)n2cc(Cc3ccc(F)cc3C)c(=O)c(O)c2C1=O. The summed E-state index contributed by atoms with van der Waals surface area (Å²) in [4.78, 5) is 29.7. The molecule has 178 valence electrons. The number of rotatable bonds is 7. The number of carbonyl (C=O) groups excluding carboxylic acids is 1. The minimum Gasteiger partial charge on any atom is -0.502 e. The number of aromatic hydroxyl groups is 1. The molecule has 1 amide bonds. The minimum atomic E-state index is -0.581. The number of pyridine rings is 1. The van der Waals surface area contributed by atoms with Crippen molar-refractivity contribution in [3.63, 3.8) is 0 Å². The summed E-state index contributed by atoms with van der Waals surface area (Å²) in [5, 5.41) is 12.7. The molecule has 1 aliphatic heterocycles. The van der Waals surface area contributed by atoms with Crippen molar-refractivity contribution in [2.75, 3.05) is 43.3 Å². The second-order valence-electron chi connectivity index (χ2n) is 8.56. The first-order chi connectivity index (χ1) is 16.3. The highest BCUT2D eigenvalue weighted by Crippen LogP contribution is 2.23. The van der Waals surface area contributed by atoms with Gasteiger partial charge in [-0.1, -0.05) is 24.3 Å². The van der Waals surface area contributed by atoms with E-state index in [4.69, 9.17) is 0 Å². The lowest BCUT2D eigenvalue weighted by atomic mass is 10.0. The third-order valence-corrected chi connectivity index (χ3v) is 6.32. The lowest BCUT2D eigenvalue weighted by molar-refractivity contribution is 0.0698. The van der Waals surface area contributed by atoms with Crippen LogP contribution in [0.4, 0.5) is 10.1 Å². The molecule has 0 radical (unpaired) electrons. The van der Waals surface area contributed by atoms with Crippen LogP contribution in [0.25, 0.3) is 0 Å². The lowest BCUT2D eigenvalue weighted by Crippen LogP contribution is -2.55. The van der Waals surface area contributed by atoms with Gasteiger partial charge in [0.2, 0.25) is 5.43 Å². The molecule has 1 aliphatic rings. The first-order valence-corrected chi connectivity index (χ1v) is 11.3. The summed E-state index contributed by atoms with van der Waals surface area (Å²) in [6, 6.07) is 14.4. The van der Waals surface area contributed by atoms with Gasteiger partial charge in [0.15, 0.2) is 11.4 Å². The summed E-state index contributed by atoms with van der Waals surface area (Å²) < 4.78 is 15.1. The Kier molecular flexibility index (Phi) is 6.58. The maximum atomic E-state index is 13.5. The molecule has 0 bridgehead atoms. The molecule has 0 fully saturated rings. The van der Waals surface area contributed by atoms with Crippen molar-refractivity contribution in [3.8, 4) is 5.75 Å². The Morgan fingerprint density at radius 1 is 1.09 bits per heavy atom.